The van der Waals surface area contributed by atoms with Crippen molar-refractivity contribution in [1.82, 2.24) is 5.32 Å². The third-order valence-corrected chi connectivity index (χ3v) is 3.37. The molecule has 2 rings (SSSR count). The first kappa shape index (κ1) is 14.7. The van der Waals surface area contributed by atoms with E-state index in [4.69, 9.17) is 15.2 Å². The van der Waals surface area contributed by atoms with Crippen molar-refractivity contribution in [3.05, 3.63) is 23.8 Å². The average molecular weight is 278 g/mol. The molecule has 1 aliphatic heterocycles. The SMILES string of the molecule is CC(C)C(N)CC(=O)NCc1ccc2c(c1)OCCO2. The molecule has 20 heavy (non-hydrogen) atoms. The fraction of sp³-hybridized carbons (Fsp3) is 0.533. The van der Waals surface area contributed by atoms with Crippen molar-refractivity contribution in [2.24, 2.45) is 11.7 Å². The van der Waals surface area contributed by atoms with Crippen LogP contribution in [0.1, 0.15) is 25.8 Å². The maximum atomic E-state index is 11.8. The van der Waals surface area contributed by atoms with Crippen molar-refractivity contribution < 1.29 is 14.3 Å². The maximum absolute atomic E-state index is 11.8. The van der Waals surface area contributed by atoms with Crippen LogP contribution in [0.2, 0.25) is 0 Å². The Morgan fingerprint density at radius 2 is 2.00 bits per heavy atom. The van der Waals surface area contributed by atoms with Gasteiger partial charge in [0.2, 0.25) is 5.91 Å². The van der Waals surface area contributed by atoms with Crippen LogP contribution in [0.3, 0.4) is 0 Å². The number of fused-ring (bicyclic) bond motifs is 1. The summed E-state index contributed by atoms with van der Waals surface area (Å²) in [6, 6.07) is 5.60. The molecule has 0 aromatic heterocycles. The largest absolute Gasteiger partial charge is 0.486 e. The molecule has 1 unspecified atom stereocenters. The van der Waals surface area contributed by atoms with E-state index < -0.39 is 0 Å². The Morgan fingerprint density at radius 3 is 2.70 bits per heavy atom. The number of ether oxygens (including phenoxy) is 2. The average Bonchev–Trinajstić information content (AvgIpc) is 2.44. The van der Waals surface area contributed by atoms with E-state index in [-0.39, 0.29) is 11.9 Å². The highest BCUT2D eigenvalue weighted by Crippen LogP contribution is 2.30. The smallest absolute Gasteiger partial charge is 0.221 e. The molecule has 0 bridgehead atoms. The third-order valence-electron chi connectivity index (χ3n) is 3.37. The van der Waals surface area contributed by atoms with E-state index in [1.807, 2.05) is 32.0 Å². The quantitative estimate of drug-likeness (QED) is 0.855. The third kappa shape index (κ3) is 3.87. The number of carbonyl (C=O) groups excluding carboxylic acids is 1. The number of benzene rings is 1. The van der Waals surface area contributed by atoms with Crippen molar-refractivity contribution in [3.63, 3.8) is 0 Å². The summed E-state index contributed by atoms with van der Waals surface area (Å²) in [6.45, 7) is 5.64. The second-order valence-corrected chi connectivity index (χ2v) is 5.37. The predicted molar refractivity (Wildman–Crippen MR) is 76.7 cm³/mol. The number of nitrogens with one attached hydrogen (secondary N) is 1. The maximum Gasteiger partial charge on any atom is 0.221 e. The van der Waals surface area contributed by atoms with Gasteiger partial charge in [0.1, 0.15) is 13.2 Å². The van der Waals surface area contributed by atoms with E-state index in [0.29, 0.717) is 32.1 Å². The van der Waals surface area contributed by atoms with Crippen molar-refractivity contribution in [1.29, 1.82) is 0 Å². The highest BCUT2D eigenvalue weighted by Gasteiger charge is 2.14. The molecule has 0 fully saturated rings. The molecule has 0 saturated heterocycles. The molecular weight excluding hydrogens is 256 g/mol. The van der Waals surface area contributed by atoms with Crippen LogP contribution in [0.4, 0.5) is 0 Å². The van der Waals surface area contributed by atoms with E-state index >= 15 is 0 Å². The summed E-state index contributed by atoms with van der Waals surface area (Å²) < 4.78 is 11.0. The minimum absolute atomic E-state index is 0.0268. The summed E-state index contributed by atoms with van der Waals surface area (Å²) in [5, 5.41) is 2.88. The molecule has 5 nitrogen and oxygen atoms in total. The van der Waals surface area contributed by atoms with E-state index in [0.717, 1.165) is 17.1 Å². The number of amides is 1. The second kappa shape index (κ2) is 6.61. The Bertz CT molecular complexity index is 474. The fourth-order valence-corrected chi connectivity index (χ4v) is 1.92. The Balaban J connectivity index is 1.86. The molecule has 1 aromatic carbocycles. The zero-order valence-electron chi connectivity index (χ0n) is 12.0. The van der Waals surface area contributed by atoms with Crippen LogP contribution in [0.5, 0.6) is 11.5 Å². The van der Waals surface area contributed by atoms with E-state index in [1.165, 1.54) is 0 Å². The molecule has 110 valence electrons. The molecule has 1 aliphatic rings. The molecule has 0 aliphatic carbocycles. The lowest BCUT2D eigenvalue weighted by atomic mass is 10.0. The summed E-state index contributed by atoms with van der Waals surface area (Å²) in [6.07, 6.45) is 0.349. The first-order valence-electron chi connectivity index (χ1n) is 6.97. The molecule has 1 amide bonds. The summed E-state index contributed by atoms with van der Waals surface area (Å²) in [5.41, 5.74) is 6.87. The summed E-state index contributed by atoms with van der Waals surface area (Å²) in [4.78, 5) is 11.8. The molecule has 0 spiro atoms. The van der Waals surface area contributed by atoms with Gasteiger partial charge in [-0.25, -0.2) is 0 Å². The monoisotopic (exact) mass is 278 g/mol. The first-order chi connectivity index (χ1) is 9.56. The van der Waals surface area contributed by atoms with Gasteiger partial charge in [0.15, 0.2) is 11.5 Å². The molecule has 5 heteroatoms. The van der Waals surface area contributed by atoms with Crippen molar-refractivity contribution >= 4 is 5.91 Å². The highest BCUT2D eigenvalue weighted by atomic mass is 16.6. The predicted octanol–water partition coefficient (Wildman–Crippen LogP) is 1.45. The number of hydrogen-bond donors (Lipinski definition) is 2. The van der Waals surface area contributed by atoms with Gasteiger partial charge in [-0.05, 0) is 23.6 Å². The van der Waals surface area contributed by atoms with E-state index in [9.17, 15) is 4.79 Å². The lowest BCUT2D eigenvalue weighted by molar-refractivity contribution is -0.121. The normalized spacial score (nSPS) is 15.0. The van der Waals surface area contributed by atoms with Gasteiger partial charge < -0.3 is 20.5 Å². The summed E-state index contributed by atoms with van der Waals surface area (Å²) in [7, 11) is 0. The minimum atomic E-state index is -0.102. The molecule has 3 N–H and O–H groups in total. The van der Waals surface area contributed by atoms with E-state index in [2.05, 4.69) is 5.32 Å². The fourth-order valence-electron chi connectivity index (χ4n) is 1.92. The number of carbonyl (C=O) groups is 1. The van der Waals surface area contributed by atoms with Crippen LogP contribution < -0.4 is 20.5 Å². The van der Waals surface area contributed by atoms with Gasteiger partial charge in [-0.3, -0.25) is 4.79 Å². The van der Waals surface area contributed by atoms with Gasteiger partial charge in [0.05, 0.1) is 0 Å². The number of rotatable bonds is 5. The molecule has 1 atom stereocenters. The summed E-state index contributed by atoms with van der Waals surface area (Å²) >= 11 is 0. The highest BCUT2D eigenvalue weighted by molar-refractivity contribution is 5.76. The van der Waals surface area contributed by atoms with Crippen LogP contribution in [0, 0.1) is 5.92 Å². The van der Waals surface area contributed by atoms with Gasteiger partial charge in [-0.15, -0.1) is 0 Å². The van der Waals surface area contributed by atoms with E-state index in [1.54, 1.807) is 0 Å². The minimum Gasteiger partial charge on any atom is -0.486 e. The van der Waals surface area contributed by atoms with Crippen molar-refractivity contribution in [3.8, 4) is 11.5 Å². The number of nitrogens with two attached hydrogens (primary N) is 1. The van der Waals surface area contributed by atoms with Gasteiger partial charge in [-0.2, -0.15) is 0 Å². The molecule has 1 heterocycles. The van der Waals surface area contributed by atoms with Crippen LogP contribution in [0.25, 0.3) is 0 Å². The topological polar surface area (TPSA) is 73.6 Å². The lowest BCUT2D eigenvalue weighted by Gasteiger charge is -2.19. The second-order valence-electron chi connectivity index (χ2n) is 5.37. The molecule has 1 aromatic rings. The van der Waals surface area contributed by atoms with Gasteiger partial charge in [-0.1, -0.05) is 19.9 Å². The van der Waals surface area contributed by atoms with Crippen LogP contribution in [0.15, 0.2) is 18.2 Å². The van der Waals surface area contributed by atoms with Gasteiger partial charge >= 0.3 is 0 Å². The Morgan fingerprint density at radius 1 is 1.30 bits per heavy atom. The van der Waals surface area contributed by atoms with Gasteiger partial charge in [0.25, 0.3) is 0 Å². The Labute approximate surface area is 119 Å². The van der Waals surface area contributed by atoms with Crippen LogP contribution in [-0.2, 0) is 11.3 Å². The molecule has 0 radical (unpaired) electrons. The molecular formula is C15H22N2O3. The van der Waals surface area contributed by atoms with Crippen molar-refractivity contribution in [2.45, 2.75) is 32.9 Å². The zero-order chi connectivity index (χ0) is 14.5. The zero-order valence-corrected chi connectivity index (χ0v) is 12.0. The first-order valence-corrected chi connectivity index (χ1v) is 6.97. The Hall–Kier alpha value is -1.75. The standard InChI is InChI=1S/C15H22N2O3/c1-10(2)12(16)8-15(18)17-9-11-3-4-13-14(7-11)20-6-5-19-13/h3-4,7,10,12H,5-6,8-9,16H2,1-2H3,(H,17,18). The van der Waals surface area contributed by atoms with Crippen molar-refractivity contribution in [2.75, 3.05) is 13.2 Å². The van der Waals surface area contributed by atoms with Gasteiger partial charge in [0, 0.05) is 19.0 Å². The number of hydrogen-bond acceptors (Lipinski definition) is 4. The summed E-state index contributed by atoms with van der Waals surface area (Å²) in [5.74, 6) is 1.77. The molecule has 0 saturated carbocycles. The van der Waals surface area contributed by atoms with Crippen LogP contribution in [-0.4, -0.2) is 25.2 Å². The van der Waals surface area contributed by atoms with Crippen LogP contribution >= 0.6 is 0 Å². The lowest BCUT2D eigenvalue weighted by Crippen LogP contribution is -2.34. The Kier molecular flexibility index (Phi) is 4.84.